The molecule has 0 saturated heterocycles. The van der Waals surface area contributed by atoms with Crippen LogP contribution in [0.3, 0.4) is 0 Å². The monoisotopic (exact) mass is 342 g/mol. The summed E-state index contributed by atoms with van der Waals surface area (Å²) in [5.41, 5.74) is -1.18. The van der Waals surface area contributed by atoms with Crippen LogP contribution in [-0.2, 0) is 0 Å². The molecule has 0 radical (unpaired) electrons. The van der Waals surface area contributed by atoms with Crippen molar-refractivity contribution in [3.63, 3.8) is 0 Å². The molecule has 3 N–H and O–H groups in total. The Bertz CT molecular complexity index is 779. The van der Waals surface area contributed by atoms with Crippen LogP contribution in [0, 0.1) is 11.6 Å². The van der Waals surface area contributed by atoms with Gasteiger partial charge >= 0.3 is 0 Å². The number of fused-ring (bicyclic) bond motifs is 1. The Morgan fingerprint density at radius 1 is 1.43 bits per heavy atom. The molecule has 0 saturated carbocycles. The van der Waals surface area contributed by atoms with Crippen LogP contribution < -0.4 is 10.7 Å². The van der Waals surface area contributed by atoms with Gasteiger partial charge in [-0.15, -0.1) is 0 Å². The molecule has 0 fully saturated rings. The van der Waals surface area contributed by atoms with Crippen molar-refractivity contribution in [2.75, 3.05) is 18.6 Å². The summed E-state index contributed by atoms with van der Waals surface area (Å²) in [5, 5.41) is 11.6. The Balaban J connectivity index is 2.34. The van der Waals surface area contributed by atoms with Crippen molar-refractivity contribution in [2.24, 2.45) is 0 Å². The molecule has 124 valence electrons. The van der Waals surface area contributed by atoms with Crippen LogP contribution >= 0.6 is 11.8 Å². The van der Waals surface area contributed by atoms with Crippen molar-refractivity contribution in [3.05, 3.63) is 45.8 Å². The van der Waals surface area contributed by atoms with E-state index in [0.29, 0.717) is 12.5 Å². The number of aliphatic hydroxyl groups excluding tert-OH is 1. The molecule has 0 spiro atoms. The number of nitrogens with one attached hydrogen (secondary N) is 2. The smallest absolute Gasteiger partial charge is 0.257 e. The van der Waals surface area contributed by atoms with Gasteiger partial charge in [-0.25, -0.2) is 8.78 Å². The quantitative estimate of drug-likeness (QED) is 0.745. The van der Waals surface area contributed by atoms with Crippen LogP contribution in [-0.4, -0.2) is 40.7 Å². The van der Waals surface area contributed by atoms with Gasteiger partial charge in [-0.2, -0.15) is 11.8 Å². The van der Waals surface area contributed by atoms with E-state index in [1.54, 1.807) is 11.8 Å². The van der Waals surface area contributed by atoms with Crippen LogP contribution in [0.2, 0.25) is 0 Å². The minimum absolute atomic E-state index is 0.158. The number of thioether (sulfide) groups is 1. The number of halogens is 2. The molecular weight excluding hydrogens is 326 g/mol. The number of aromatic nitrogens is 1. The third-order valence-electron chi connectivity index (χ3n) is 3.38. The number of rotatable bonds is 6. The fraction of sp³-hybridized carbons (Fsp3) is 0.333. The Morgan fingerprint density at radius 3 is 2.83 bits per heavy atom. The predicted octanol–water partition coefficient (Wildman–Crippen LogP) is 1.65. The average Bonchev–Trinajstić information content (AvgIpc) is 2.52. The molecule has 1 aromatic carbocycles. The van der Waals surface area contributed by atoms with Gasteiger partial charge in [0, 0.05) is 12.3 Å². The largest absolute Gasteiger partial charge is 0.394 e. The number of H-pyrrole nitrogens is 1. The van der Waals surface area contributed by atoms with Crippen molar-refractivity contribution in [1.82, 2.24) is 10.3 Å². The van der Waals surface area contributed by atoms with Gasteiger partial charge in [-0.05, 0) is 24.5 Å². The lowest BCUT2D eigenvalue weighted by Gasteiger charge is -2.15. The van der Waals surface area contributed by atoms with Crippen LogP contribution in [0.15, 0.2) is 23.1 Å². The van der Waals surface area contributed by atoms with E-state index in [0.717, 1.165) is 18.0 Å². The lowest BCUT2D eigenvalue weighted by molar-refractivity contribution is 0.0914. The van der Waals surface area contributed by atoms with Gasteiger partial charge in [0.15, 0.2) is 0 Å². The number of benzene rings is 1. The molecule has 23 heavy (non-hydrogen) atoms. The fourth-order valence-corrected chi connectivity index (χ4v) is 2.68. The summed E-state index contributed by atoms with van der Waals surface area (Å²) >= 11 is 1.56. The Kier molecular flexibility index (Phi) is 5.73. The average molecular weight is 342 g/mol. The number of hydrogen-bond acceptors (Lipinski definition) is 4. The van der Waals surface area contributed by atoms with E-state index in [4.69, 9.17) is 0 Å². The number of amides is 1. The second-order valence-corrected chi connectivity index (χ2v) is 5.96. The minimum atomic E-state index is -0.905. The number of carbonyl (C=O) groups is 1. The number of aliphatic hydroxyl groups is 1. The second-order valence-electron chi connectivity index (χ2n) is 4.98. The topological polar surface area (TPSA) is 82.2 Å². The molecule has 5 nitrogen and oxygen atoms in total. The summed E-state index contributed by atoms with van der Waals surface area (Å²) in [5.74, 6) is -1.77. The first-order valence-corrected chi connectivity index (χ1v) is 8.28. The van der Waals surface area contributed by atoms with Crippen molar-refractivity contribution in [3.8, 4) is 0 Å². The first kappa shape index (κ1) is 17.4. The summed E-state index contributed by atoms with van der Waals surface area (Å²) in [7, 11) is 0. The maximum atomic E-state index is 13.6. The summed E-state index contributed by atoms with van der Waals surface area (Å²) in [4.78, 5) is 27.0. The molecule has 1 amide bonds. The first-order chi connectivity index (χ1) is 11.0. The van der Waals surface area contributed by atoms with E-state index >= 15 is 0 Å². The van der Waals surface area contributed by atoms with E-state index in [9.17, 15) is 23.5 Å². The van der Waals surface area contributed by atoms with Crippen LogP contribution in [0.4, 0.5) is 8.78 Å². The molecule has 2 rings (SSSR count). The SMILES string of the molecule is CSCC[C@@H](CO)NC(=O)c1c[nH]c2c(F)cc(F)cc2c1=O. The maximum Gasteiger partial charge on any atom is 0.257 e. The summed E-state index contributed by atoms with van der Waals surface area (Å²) < 4.78 is 26.9. The molecule has 1 heterocycles. The minimum Gasteiger partial charge on any atom is -0.394 e. The standard InChI is InChI=1S/C15H16F2N2O3S/c1-23-3-2-9(7-20)19-15(22)11-6-18-13-10(14(11)21)4-8(16)5-12(13)17/h4-6,9,20H,2-3,7H2,1H3,(H,18,21)(H,19,22)/t9-/m0/s1. The van der Waals surface area contributed by atoms with Gasteiger partial charge in [0.05, 0.1) is 23.6 Å². The highest BCUT2D eigenvalue weighted by atomic mass is 32.2. The zero-order valence-corrected chi connectivity index (χ0v) is 13.2. The van der Waals surface area contributed by atoms with Gasteiger partial charge in [0.1, 0.15) is 17.2 Å². The van der Waals surface area contributed by atoms with Crippen molar-refractivity contribution in [1.29, 1.82) is 0 Å². The molecule has 1 atom stereocenters. The number of pyridine rings is 1. The highest BCUT2D eigenvalue weighted by Crippen LogP contribution is 2.15. The zero-order chi connectivity index (χ0) is 17.0. The fourth-order valence-electron chi connectivity index (χ4n) is 2.16. The van der Waals surface area contributed by atoms with E-state index in [-0.39, 0.29) is 23.1 Å². The van der Waals surface area contributed by atoms with E-state index < -0.39 is 29.0 Å². The molecule has 0 aliphatic carbocycles. The molecule has 1 aromatic heterocycles. The Labute approximate surface area is 135 Å². The predicted molar refractivity (Wildman–Crippen MR) is 85.8 cm³/mol. The third-order valence-corrected chi connectivity index (χ3v) is 4.02. The van der Waals surface area contributed by atoms with Crippen LogP contribution in [0.5, 0.6) is 0 Å². The van der Waals surface area contributed by atoms with Crippen LogP contribution in [0.1, 0.15) is 16.8 Å². The highest BCUT2D eigenvalue weighted by molar-refractivity contribution is 7.98. The van der Waals surface area contributed by atoms with Gasteiger partial charge in [0.2, 0.25) is 5.43 Å². The third kappa shape index (κ3) is 3.89. The molecule has 0 aliphatic heterocycles. The summed E-state index contributed by atoms with van der Waals surface area (Å²) in [6.07, 6.45) is 3.52. The van der Waals surface area contributed by atoms with E-state index in [1.165, 1.54) is 0 Å². The summed E-state index contributed by atoms with van der Waals surface area (Å²) in [6.45, 7) is -0.263. The lowest BCUT2D eigenvalue weighted by atomic mass is 10.1. The molecule has 8 heteroatoms. The van der Waals surface area contributed by atoms with Gasteiger partial charge in [0.25, 0.3) is 5.91 Å². The van der Waals surface area contributed by atoms with Gasteiger partial charge < -0.3 is 15.4 Å². The maximum absolute atomic E-state index is 13.6. The molecule has 0 bridgehead atoms. The highest BCUT2D eigenvalue weighted by Gasteiger charge is 2.18. The van der Waals surface area contributed by atoms with Crippen LogP contribution in [0.25, 0.3) is 10.9 Å². The van der Waals surface area contributed by atoms with Gasteiger partial charge in [-0.1, -0.05) is 0 Å². The van der Waals surface area contributed by atoms with Gasteiger partial charge in [-0.3, -0.25) is 9.59 Å². The van der Waals surface area contributed by atoms with E-state index in [1.807, 2.05) is 6.26 Å². The Morgan fingerprint density at radius 2 is 2.17 bits per heavy atom. The number of hydrogen-bond donors (Lipinski definition) is 3. The van der Waals surface area contributed by atoms with Crippen molar-refractivity contribution >= 4 is 28.6 Å². The molecular formula is C15H16F2N2O3S. The van der Waals surface area contributed by atoms with Crippen molar-refractivity contribution in [2.45, 2.75) is 12.5 Å². The molecule has 0 aliphatic rings. The van der Waals surface area contributed by atoms with Crippen molar-refractivity contribution < 1.29 is 18.7 Å². The number of carbonyl (C=O) groups excluding carboxylic acids is 1. The molecule has 0 unspecified atom stereocenters. The zero-order valence-electron chi connectivity index (χ0n) is 12.4. The Hall–Kier alpha value is -1.93. The summed E-state index contributed by atoms with van der Waals surface area (Å²) in [6, 6.07) is 1.04. The molecule has 2 aromatic rings. The number of aromatic amines is 1. The first-order valence-electron chi connectivity index (χ1n) is 6.89. The lowest BCUT2D eigenvalue weighted by Crippen LogP contribution is -2.40. The normalized spacial score (nSPS) is 12.3. The van der Waals surface area contributed by atoms with E-state index in [2.05, 4.69) is 10.3 Å². The second kappa shape index (κ2) is 7.56.